The van der Waals surface area contributed by atoms with Crippen LogP contribution in [0.1, 0.15) is 44.9 Å². The average molecular weight is 239 g/mol. The molecule has 1 saturated carbocycles. The SMILES string of the molecule is CN1CCCC(CCNC2CCCCC2N)C1. The van der Waals surface area contributed by atoms with E-state index in [0.717, 1.165) is 12.5 Å². The number of rotatable bonds is 4. The zero-order chi connectivity index (χ0) is 12.1. The average Bonchev–Trinajstić information content (AvgIpc) is 2.32. The maximum Gasteiger partial charge on any atom is 0.0219 e. The van der Waals surface area contributed by atoms with Crippen LogP contribution in [0.5, 0.6) is 0 Å². The molecule has 3 N–H and O–H groups in total. The molecule has 0 bridgehead atoms. The first-order valence-corrected chi connectivity index (χ1v) is 7.43. The summed E-state index contributed by atoms with van der Waals surface area (Å²) in [5, 5.41) is 3.69. The van der Waals surface area contributed by atoms with Crippen molar-refractivity contribution in [1.82, 2.24) is 10.2 Å². The Morgan fingerprint density at radius 3 is 2.76 bits per heavy atom. The van der Waals surface area contributed by atoms with Crippen molar-refractivity contribution < 1.29 is 0 Å². The molecule has 17 heavy (non-hydrogen) atoms. The van der Waals surface area contributed by atoms with Gasteiger partial charge in [-0.05, 0) is 58.2 Å². The number of hydrogen-bond acceptors (Lipinski definition) is 3. The fraction of sp³-hybridized carbons (Fsp3) is 1.00. The van der Waals surface area contributed by atoms with Crippen LogP contribution < -0.4 is 11.1 Å². The molecule has 2 fully saturated rings. The molecule has 2 rings (SSSR count). The van der Waals surface area contributed by atoms with E-state index in [9.17, 15) is 0 Å². The molecule has 3 atom stereocenters. The quantitative estimate of drug-likeness (QED) is 0.782. The second-order valence-electron chi connectivity index (χ2n) is 6.07. The third kappa shape index (κ3) is 4.23. The molecule has 0 spiro atoms. The van der Waals surface area contributed by atoms with Crippen molar-refractivity contribution >= 4 is 0 Å². The zero-order valence-electron chi connectivity index (χ0n) is 11.3. The van der Waals surface area contributed by atoms with Crippen LogP contribution in [0.3, 0.4) is 0 Å². The highest BCUT2D eigenvalue weighted by atomic mass is 15.1. The van der Waals surface area contributed by atoms with Gasteiger partial charge >= 0.3 is 0 Å². The van der Waals surface area contributed by atoms with Gasteiger partial charge in [0.2, 0.25) is 0 Å². The summed E-state index contributed by atoms with van der Waals surface area (Å²) in [6.07, 6.45) is 9.31. The summed E-state index contributed by atoms with van der Waals surface area (Å²) in [6.45, 7) is 3.74. The predicted molar refractivity (Wildman–Crippen MR) is 73.1 cm³/mol. The lowest BCUT2D eigenvalue weighted by Gasteiger charge is -2.32. The second kappa shape index (κ2) is 6.72. The molecule has 0 aromatic heterocycles. The molecule has 3 unspecified atom stereocenters. The van der Waals surface area contributed by atoms with Crippen molar-refractivity contribution in [3.8, 4) is 0 Å². The summed E-state index contributed by atoms with van der Waals surface area (Å²) in [6, 6.07) is 0.989. The summed E-state index contributed by atoms with van der Waals surface area (Å²) < 4.78 is 0. The van der Waals surface area contributed by atoms with Crippen LogP contribution in [0.25, 0.3) is 0 Å². The molecule has 0 amide bonds. The summed E-state index contributed by atoms with van der Waals surface area (Å²) in [4.78, 5) is 2.47. The maximum absolute atomic E-state index is 6.15. The van der Waals surface area contributed by atoms with Gasteiger partial charge in [0.15, 0.2) is 0 Å². The Bertz CT molecular complexity index is 220. The highest BCUT2D eigenvalue weighted by molar-refractivity contribution is 4.84. The highest BCUT2D eigenvalue weighted by Gasteiger charge is 2.22. The summed E-state index contributed by atoms with van der Waals surface area (Å²) >= 11 is 0. The van der Waals surface area contributed by atoms with E-state index >= 15 is 0 Å². The van der Waals surface area contributed by atoms with Gasteiger partial charge in [-0.1, -0.05) is 12.8 Å². The van der Waals surface area contributed by atoms with Crippen molar-refractivity contribution in [2.75, 3.05) is 26.7 Å². The largest absolute Gasteiger partial charge is 0.326 e. The van der Waals surface area contributed by atoms with E-state index in [1.165, 1.54) is 58.0 Å². The van der Waals surface area contributed by atoms with Gasteiger partial charge in [0.1, 0.15) is 0 Å². The number of piperidine rings is 1. The Hall–Kier alpha value is -0.120. The summed E-state index contributed by atoms with van der Waals surface area (Å²) in [7, 11) is 2.25. The first-order valence-electron chi connectivity index (χ1n) is 7.43. The molecule has 0 radical (unpaired) electrons. The Kier molecular flexibility index (Phi) is 5.26. The molecule has 3 heteroatoms. The van der Waals surface area contributed by atoms with E-state index in [0.29, 0.717) is 12.1 Å². The standard InChI is InChI=1S/C14H29N3/c1-17-10-4-5-12(11-17)8-9-16-14-7-3-2-6-13(14)15/h12-14,16H,2-11,15H2,1H3. The molecular formula is C14H29N3. The Labute approximate surface area is 106 Å². The monoisotopic (exact) mass is 239 g/mol. The molecule has 1 aliphatic carbocycles. The minimum Gasteiger partial charge on any atom is -0.326 e. The number of nitrogens with one attached hydrogen (secondary N) is 1. The Morgan fingerprint density at radius 2 is 2.00 bits per heavy atom. The number of nitrogens with zero attached hydrogens (tertiary/aromatic N) is 1. The van der Waals surface area contributed by atoms with Crippen LogP contribution in [-0.2, 0) is 0 Å². The van der Waals surface area contributed by atoms with Gasteiger partial charge in [-0.15, -0.1) is 0 Å². The lowest BCUT2D eigenvalue weighted by Crippen LogP contribution is -2.47. The van der Waals surface area contributed by atoms with Crippen LogP contribution in [0.15, 0.2) is 0 Å². The fourth-order valence-corrected chi connectivity index (χ4v) is 3.39. The molecule has 100 valence electrons. The van der Waals surface area contributed by atoms with Gasteiger partial charge in [-0.25, -0.2) is 0 Å². The van der Waals surface area contributed by atoms with Gasteiger partial charge < -0.3 is 16.0 Å². The van der Waals surface area contributed by atoms with E-state index < -0.39 is 0 Å². The molecule has 0 aromatic rings. The summed E-state index contributed by atoms with van der Waals surface area (Å²) in [5.74, 6) is 0.904. The molecule has 1 aliphatic heterocycles. The molecule has 3 nitrogen and oxygen atoms in total. The lowest BCUT2D eigenvalue weighted by molar-refractivity contribution is 0.198. The zero-order valence-corrected chi connectivity index (χ0v) is 11.3. The van der Waals surface area contributed by atoms with Crippen LogP contribution in [0.2, 0.25) is 0 Å². The predicted octanol–water partition coefficient (Wildman–Crippen LogP) is 1.58. The topological polar surface area (TPSA) is 41.3 Å². The van der Waals surface area contributed by atoms with Crippen LogP contribution in [0, 0.1) is 5.92 Å². The molecule has 1 saturated heterocycles. The van der Waals surface area contributed by atoms with Crippen LogP contribution in [0.4, 0.5) is 0 Å². The van der Waals surface area contributed by atoms with Crippen molar-refractivity contribution in [3.05, 3.63) is 0 Å². The van der Waals surface area contributed by atoms with Gasteiger partial charge in [-0.3, -0.25) is 0 Å². The third-order valence-corrected chi connectivity index (χ3v) is 4.50. The minimum atomic E-state index is 0.401. The fourth-order valence-electron chi connectivity index (χ4n) is 3.39. The highest BCUT2D eigenvalue weighted by Crippen LogP contribution is 2.19. The van der Waals surface area contributed by atoms with E-state index in [-0.39, 0.29) is 0 Å². The van der Waals surface area contributed by atoms with Gasteiger partial charge in [0.05, 0.1) is 0 Å². The van der Waals surface area contributed by atoms with E-state index in [4.69, 9.17) is 5.73 Å². The Morgan fingerprint density at radius 1 is 1.18 bits per heavy atom. The number of likely N-dealkylation sites (tertiary alicyclic amines) is 1. The van der Waals surface area contributed by atoms with Crippen LogP contribution in [-0.4, -0.2) is 43.7 Å². The Balaban J connectivity index is 1.61. The third-order valence-electron chi connectivity index (χ3n) is 4.50. The van der Waals surface area contributed by atoms with E-state index in [1.54, 1.807) is 0 Å². The second-order valence-corrected chi connectivity index (χ2v) is 6.07. The van der Waals surface area contributed by atoms with Gasteiger partial charge in [0.25, 0.3) is 0 Å². The number of nitrogens with two attached hydrogens (primary N) is 1. The van der Waals surface area contributed by atoms with Crippen LogP contribution >= 0.6 is 0 Å². The van der Waals surface area contributed by atoms with Crippen molar-refractivity contribution in [2.24, 2.45) is 11.7 Å². The molecule has 1 heterocycles. The smallest absolute Gasteiger partial charge is 0.0219 e. The summed E-state index contributed by atoms with van der Waals surface area (Å²) in [5.41, 5.74) is 6.15. The van der Waals surface area contributed by atoms with Crippen molar-refractivity contribution in [2.45, 2.75) is 57.0 Å². The lowest BCUT2D eigenvalue weighted by atomic mass is 9.90. The first kappa shape index (κ1) is 13.3. The molecular weight excluding hydrogens is 210 g/mol. The normalized spacial score (nSPS) is 36.0. The van der Waals surface area contributed by atoms with Gasteiger partial charge in [-0.2, -0.15) is 0 Å². The van der Waals surface area contributed by atoms with Crippen molar-refractivity contribution in [3.63, 3.8) is 0 Å². The molecule has 0 aromatic carbocycles. The van der Waals surface area contributed by atoms with E-state index in [2.05, 4.69) is 17.3 Å². The molecule has 2 aliphatic rings. The van der Waals surface area contributed by atoms with Crippen molar-refractivity contribution in [1.29, 1.82) is 0 Å². The first-order chi connectivity index (χ1) is 8.25. The minimum absolute atomic E-state index is 0.401. The maximum atomic E-state index is 6.15. The number of hydrogen-bond donors (Lipinski definition) is 2. The van der Waals surface area contributed by atoms with Gasteiger partial charge in [0, 0.05) is 18.6 Å². The van der Waals surface area contributed by atoms with E-state index in [1.807, 2.05) is 0 Å².